The Kier molecular flexibility index (Phi) is 5.88. The first-order valence-electron chi connectivity index (χ1n) is 8.74. The molecule has 1 aliphatic carbocycles. The molecule has 138 valence electrons. The summed E-state index contributed by atoms with van der Waals surface area (Å²) >= 11 is 0. The van der Waals surface area contributed by atoms with Gasteiger partial charge in [-0.2, -0.15) is 0 Å². The lowest BCUT2D eigenvalue weighted by molar-refractivity contribution is -0.112. The molecule has 1 saturated carbocycles. The Morgan fingerprint density at radius 3 is 2.65 bits per heavy atom. The van der Waals surface area contributed by atoms with Gasteiger partial charge in [-0.3, -0.25) is 10.1 Å². The molecular formula is C19H23N3O4. The summed E-state index contributed by atoms with van der Waals surface area (Å²) in [4.78, 5) is 12.1. The van der Waals surface area contributed by atoms with Gasteiger partial charge in [0.05, 0.1) is 14.2 Å². The van der Waals surface area contributed by atoms with Crippen LogP contribution in [-0.4, -0.2) is 30.3 Å². The first-order chi connectivity index (χ1) is 12.7. The second kappa shape index (κ2) is 8.51. The van der Waals surface area contributed by atoms with E-state index in [0.717, 1.165) is 18.4 Å². The van der Waals surface area contributed by atoms with Gasteiger partial charge >= 0.3 is 6.01 Å². The number of rotatable bonds is 6. The number of methoxy groups -OCH3 is 2. The van der Waals surface area contributed by atoms with Gasteiger partial charge in [-0.05, 0) is 36.6 Å². The highest BCUT2D eigenvalue weighted by molar-refractivity contribution is 6.00. The van der Waals surface area contributed by atoms with Crippen LogP contribution in [-0.2, 0) is 4.79 Å². The van der Waals surface area contributed by atoms with Crippen LogP contribution >= 0.6 is 0 Å². The molecule has 7 heteroatoms. The summed E-state index contributed by atoms with van der Waals surface area (Å²) in [5.41, 5.74) is 0.811. The van der Waals surface area contributed by atoms with E-state index in [0.29, 0.717) is 23.3 Å². The molecule has 0 saturated heterocycles. The molecule has 0 atom stereocenters. The number of amides is 1. The number of benzene rings is 1. The number of carbonyl (C=O) groups excluding carboxylic acids is 1. The van der Waals surface area contributed by atoms with Crippen molar-refractivity contribution in [3.8, 4) is 11.5 Å². The van der Waals surface area contributed by atoms with Gasteiger partial charge in [0.2, 0.25) is 5.89 Å². The molecule has 1 aliphatic rings. The van der Waals surface area contributed by atoms with Crippen LogP contribution in [0.4, 0.5) is 6.01 Å². The van der Waals surface area contributed by atoms with E-state index in [-0.39, 0.29) is 11.9 Å². The molecule has 0 bridgehead atoms. The number of anilines is 1. The molecule has 2 aromatic rings. The van der Waals surface area contributed by atoms with E-state index < -0.39 is 0 Å². The van der Waals surface area contributed by atoms with Crippen LogP contribution < -0.4 is 14.8 Å². The smallest absolute Gasteiger partial charge is 0.322 e. The Morgan fingerprint density at radius 1 is 1.15 bits per heavy atom. The van der Waals surface area contributed by atoms with Crippen molar-refractivity contribution < 1.29 is 18.7 Å². The van der Waals surface area contributed by atoms with Gasteiger partial charge in [-0.1, -0.05) is 30.4 Å². The summed E-state index contributed by atoms with van der Waals surface area (Å²) in [6.07, 6.45) is 8.84. The highest BCUT2D eigenvalue weighted by Gasteiger charge is 2.21. The van der Waals surface area contributed by atoms with Crippen molar-refractivity contribution in [2.24, 2.45) is 0 Å². The molecule has 0 radical (unpaired) electrons. The molecule has 26 heavy (non-hydrogen) atoms. The number of nitrogens with zero attached hydrogens (tertiary/aromatic N) is 2. The fourth-order valence-corrected chi connectivity index (χ4v) is 3.08. The summed E-state index contributed by atoms with van der Waals surface area (Å²) in [6, 6.07) is 5.54. The van der Waals surface area contributed by atoms with E-state index >= 15 is 0 Å². The largest absolute Gasteiger partial charge is 0.493 e. The van der Waals surface area contributed by atoms with Crippen molar-refractivity contribution in [2.45, 2.75) is 38.0 Å². The topological polar surface area (TPSA) is 86.5 Å². The van der Waals surface area contributed by atoms with Gasteiger partial charge < -0.3 is 13.9 Å². The van der Waals surface area contributed by atoms with Crippen LogP contribution in [0.5, 0.6) is 11.5 Å². The van der Waals surface area contributed by atoms with Crippen LogP contribution in [0, 0.1) is 0 Å². The van der Waals surface area contributed by atoms with E-state index in [4.69, 9.17) is 13.9 Å². The van der Waals surface area contributed by atoms with Crippen LogP contribution in [0.2, 0.25) is 0 Å². The van der Waals surface area contributed by atoms with E-state index in [2.05, 4.69) is 15.5 Å². The van der Waals surface area contributed by atoms with Gasteiger partial charge in [0.1, 0.15) is 0 Å². The van der Waals surface area contributed by atoms with E-state index in [9.17, 15) is 4.79 Å². The second-order valence-electron chi connectivity index (χ2n) is 6.22. The third kappa shape index (κ3) is 4.41. The van der Waals surface area contributed by atoms with Gasteiger partial charge in [-0.25, -0.2) is 0 Å². The average molecular weight is 357 g/mol. The number of hydrogen-bond acceptors (Lipinski definition) is 6. The zero-order chi connectivity index (χ0) is 18.4. The summed E-state index contributed by atoms with van der Waals surface area (Å²) < 4.78 is 16.0. The zero-order valence-corrected chi connectivity index (χ0v) is 15.0. The zero-order valence-electron chi connectivity index (χ0n) is 15.0. The third-order valence-electron chi connectivity index (χ3n) is 4.46. The maximum absolute atomic E-state index is 12.1. The van der Waals surface area contributed by atoms with E-state index in [1.165, 1.54) is 25.3 Å². The van der Waals surface area contributed by atoms with Gasteiger partial charge in [0.25, 0.3) is 5.91 Å². The fraction of sp³-hybridized carbons (Fsp3) is 0.421. The van der Waals surface area contributed by atoms with Crippen LogP contribution in [0.15, 0.2) is 28.7 Å². The quantitative estimate of drug-likeness (QED) is 0.792. The highest BCUT2D eigenvalue weighted by Crippen LogP contribution is 2.32. The highest BCUT2D eigenvalue weighted by atomic mass is 16.5. The first-order valence-corrected chi connectivity index (χ1v) is 8.74. The maximum atomic E-state index is 12.1. The normalized spacial score (nSPS) is 15.2. The molecule has 1 aromatic heterocycles. The molecule has 1 N–H and O–H groups in total. The van der Waals surface area contributed by atoms with E-state index in [1.807, 2.05) is 6.07 Å². The summed E-state index contributed by atoms with van der Waals surface area (Å²) in [5.74, 6) is 1.82. The van der Waals surface area contributed by atoms with Gasteiger partial charge in [0.15, 0.2) is 11.5 Å². The summed E-state index contributed by atoms with van der Waals surface area (Å²) in [6.45, 7) is 0. The van der Waals surface area contributed by atoms with Crippen molar-refractivity contribution >= 4 is 18.0 Å². The molecule has 7 nitrogen and oxygen atoms in total. The second-order valence-corrected chi connectivity index (χ2v) is 6.22. The third-order valence-corrected chi connectivity index (χ3v) is 4.46. The van der Waals surface area contributed by atoms with Gasteiger partial charge in [-0.15, -0.1) is 5.10 Å². The minimum Gasteiger partial charge on any atom is -0.493 e. The lowest BCUT2D eigenvalue weighted by Crippen LogP contribution is -2.08. The van der Waals surface area contributed by atoms with Gasteiger partial charge in [0, 0.05) is 12.0 Å². The Labute approximate surface area is 152 Å². The molecule has 1 fully saturated rings. The van der Waals surface area contributed by atoms with E-state index in [1.54, 1.807) is 32.4 Å². The number of carbonyl (C=O) groups is 1. The number of ether oxygens (including phenoxy) is 2. The predicted octanol–water partition coefficient (Wildman–Crippen LogP) is 3.79. The van der Waals surface area contributed by atoms with Crippen molar-refractivity contribution in [1.82, 2.24) is 10.2 Å². The lowest BCUT2D eigenvalue weighted by atomic mass is 9.89. The number of nitrogens with one attached hydrogen (secondary N) is 1. The summed E-state index contributed by atoms with van der Waals surface area (Å²) in [7, 11) is 3.14. The molecule has 1 heterocycles. The Balaban J connectivity index is 1.60. The Morgan fingerprint density at radius 2 is 1.92 bits per heavy atom. The molecule has 3 rings (SSSR count). The van der Waals surface area contributed by atoms with Crippen molar-refractivity contribution in [3.05, 3.63) is 35.7 Å². The molecule has 0 unspecified atom stereocenters. The maximum Gasteiger partial charge on any atom is 0.322 e. The number of hydrogen-bond donors (Lipinski definition) is 1. The van der Waals surface area contributed by atoms with Crippen LogP contribution in [0.1, 0.15) is 49.5 Å². The molecule has 0 aliphatic heterocycles. The summed E-state index contributed by atoms with van der Waals surface area (Å²) in [5, 5.41) is 10.6. The fourth-order valence-electron chi connectivity index (χ4n) is 3.08. The Hall–Kier alpha value is -2.83. The minimum absolute atomic E-state index is 0.132. The SMILES string of the molecule is COc1ccc(/C=C/C(=O)Nc2nnc(C3CCCCC3)o2)cc1OC. The number of aromatic nitrogens is 2. The first kappa shape index (κ1) is 18.0. The molecule has 0 spiro atoms. The van der Waals surface area contributed by atoms with Crippen molar-refractivity contribution in [1.29, 1.82) is 0 Å². The standard InChI is InChI=1S/C19H23N3O4/c1-24-15-10-8-13(12-16(15)25-2)9-11-17(23)20-19-22-21-18(26-19)14-6-4-3-5-7-14/h8-12,14H,3-7H2,1-2H3,(H,20,22,23)/b11-9+. The molecule has 1 amide bonds. The predicted molar refractivity (Wildman–Crippen MR) is 97.3 cm³/mol. The minimum atomic E-state index is -0.335. The molecule has 1 aromatic carbocycles. The van der Waals surface area contributed by atoms with Crippen molar-refractivity contribution in [2.75, 3.05) is 19.5 Å². The molecular weight excluding hydrogens is 334 g/mol. The van der Waals surface area contributed by atoms with Crippen molar-refractivity contribution in [3.63, 3.8) is 0 Å². The monoisotopic (exact) mass is 357 g/mol. The average Bonchev–Trinajstić information content (AvgIpc) is 3.15. The Bertz CT molecular complexity index is 779. The van der Waals surface area contributed by atoms with Crippen LogP contribution in [0.25, 0.3) is 6.08 Å². The van der Waals surface area contributed by atoms with Crippen LogP contribution in [0.3, 0.4) is 0 Å². The lowest BCUT2D eigenvalue weighted by Gasteiger charge is -2.17.